The van der Waals surface area contributed by atoms with E-state index in [2.05, 4.69) is 15.5 Å². The maximum absolute atomic E-state index is 13.5. The van der Waals surface area contributed by atoms with Gasteiger partial charge in [0.25, 0.3) is 5.91 Å². The summed E-state index contributed by atoms with van der Waals surface area (Å²) < 4.78 is 49.8. The number of hydrazone groups is 1. The number of esters is 1. The Kier molecular flexibility index (Phi) is 8.21. The predicted octanol–water partition coefficient (Wildman–Crippen LogP) is 8.65. The summed E-state index contributed by atoms with van der Waals surface area (Å²) >= 11 is 6.56. The first-order valence-electron chi connectivity index (χ1n) is 13.8. The number of H-pyrrole nitrogens is 1. The Morgan fingerprint density at radius 3 is 2.43 bits per heavy atom. The zero-order valence-corrected chi connectivity index (χ0v) is 24.7. The standard InChI is InChI=1S/C35H23ClF3N3O4/c1-45-29-17-20(13-16-28(29)46-34(44)22-8-6-9-23(18-22)35(37,38)39)19-40-42-33(43)32-30(25-11-4-5-12-27(25)36)26-15-14-21-7-2-3-10-24(21)31(26)41-32/h2-19,41H,1H3,(H,42,43). The van der Waals surface area contributed by atoms with Crippen LogP contribution in [0.25, 0.3) is 32.8 Å². The third-order valence-electron chi connectivity index (χ3n) is 7.26. The number of nitrogens with zero attached hydrogens (tertiary/aromatic N) is 1. The first-order valence-corrected chi connectivity index (χ1v) is 14.2. The Balaban J connectivity index is 1.25. The summed E-state index contributed by atoms with van der Waals surface area (Å²) in [5.41, 5.74) is 4.14. The maximum Gasteiger partial charge on any atom is 0.416 e. The third-order valence-corrected chi connectivity index (χ3v) is 7.59. The summed E-state index contributed by atoms with van der Waals surface area (Å²) in [5.74, 6) is -1.39. The Bertz CT molecular complexity index is 2160. The number of alkyl halides is 3. The van der Waals surface area contributed by atoms with Gasteiger partial charge in [-0.25, -0.2) is 10.2 Å². The fraction of sp³-hybridized carbons (Fsp3) is 0.0571. The van der Waals surface area contributed by atoms with E-state index in [0.29, 0.717) is 27.8 Å². The monoisotopic (exact) mass is 641 g/mol. The summed E-state index contributed by atoms with van der Waals surface area (Å²) in [5, 5.41) is 7.35. The Morgan fingerprint density at radius 2 is 1.65 bits per heavy atom. The van der Waals surface area contributed by atoms with Gasteiger partial charge in [0, 0.05) is 26.9 Å². The highest BCUT2D eigenvalue weighted by Crippen LogP contribution is 2.39. The van der Waals surface area contributed by atoms with Crippen LogP contribution in [0.1, 0.15) is 32.0 Å². The van der Waals surface area contributed by atoms with Crippen LogP contribution in [-0.2, 0) is 6.18 Å². The van der Waals surface area contributed by atoms with E-state index in [1.165, 1.54) is 37.6 Å². The quantitative estimate of drug-likeness (QED) is 0.0790. The molecule has 1 heterocycles. The number of carbonyl (C=O) groups is 2. The molecule has 0 bridgehead atoms. The van der Waals surface area contributed by atoms with Gasteiger partial charge in [0.15, 0.2) is 11.5 Å². The number of aromatic amines is 1. The molecule has 0 atom stereocenters. The van der Waals surface area contributed by atoms with E-state index in [1.807, 2.05) is 54.6 Å². The van der Waals surface area contributed by atoms with Gasteiger partial charge in [0.05, 0.1) is 30.0 Å². The number of carbonyl (C=O) groups excluding carboxylic acids is 2. The molecule has 230 valence electrons. The lowest BCUT2D eigenvalue weighted by Crippen LogP contribution is -2.19. The molecule has 2 N–H and O–H groups in total. The number of halogens is 4. The zero-order chi connectivity index (χ0) is 32.4. The van der Waals surface area contributed by atoms with Crippen LogP contribution in [0.2, 0.25) is 5.02 Å². The highest BCUT2D eigenvalue weighted by molar-refractivity contribution is 6.34. The molecule has 1 amide bonds. The van der Waals surface area contributed by atoms with Crippen molar-refractivity contribution in [1.82, 2.24) is 10.4 Å². The van der Waals surface area contributed by atoms with Crippen LogP contribution in [0.5, 0.6) is 11.5 Å². The molecule has 0 saturated heterocycles. The molecular weight excluding hydrogens is 619 g/mol. The molecule has 0 aliphatic heterocycles. The zero-order valence-electron chi connectivity index (χ0n) is 24.0. The summed E-state index contributed by atoms with van der Waals surface area (Å²) in [4.78, 5) is 29.4. The Labute approximate surface area is 265 Å². The van der Waals surface area contributed by atoms with Gasteiger partial charge in [-0.2, -0.15) is 18.3 Å². The van der Waals surface area contributed by atoms with Gasteiger partial charge >= 0.3 is 12.1 Å². The molecule has 11 heteroatoms. The minimum atomic E-state index is -4.61. The fourth-order valence-electron chi connectivity index (χ4n) is 5.10. The molecule has 1 aromatic heterocycles. The molecule has 0 aliphatic carbocycles. The van der Waals surface area contributed by atoms with Crippen LogP contribution in [0.15, 0.2) is 108 Å². The predicted molar refractivity (Wildman–Crippen MR) is 171 cm³/mol. The SMILES string of the molecule is COc1cc(C=NNC(=O)c2[nH]c3c(ccc4ccccc43)c2-c2ccccc2Cl)ccc1OC(=O)c1cccc(C(F)(F)F)c1. The first kappa shape index (κ1) is 30.4. The van der Waals surface area contributed by atoms with E-state index in [0.717, 1.165) is 33.8 Å². The van der Waals surface area contributed by atoms with Crippen molar-refractivity contribution in [3.63, 3.8) is 0 Å². The van der Waals surface area contributed by atoms with E-state index in [9.17, 15) is 22.8 Å². The maximum atomic E-state index is 13.5. The van der Waals surface area contributed by atoms with Crippen molar-refractivity contribution in [2.24, 2.45) is 5.10 Å². The minimum Gasteiger partial charge on any atom is -0.493 e. The topological polar surface area (TPSA) is 92.8 Å². The van der Waals surface area contributed by atoms with Crippen molar-refractivity contribution in [2.75, 3.05) is 7.11 Å². The van der Waals surface area contributed by atoms with Crippen molar-refractivity contribution in [3.05, 3.63) is 131 Å². The van der Waals surface area contributed by atoms with E-state index in [-0.39, 0.29) is 22.8 Å². The molecule has 6 aromatic rings. The molecule has 5 aromatic carbocycles. The number of amides is 1. The van der Waals surface area contributed by atoms with Crippen LogP contribution in [0, 0.1) is 0 Å². The van der Waals surface area contributed by atoms with Gasteiger partial charge in [-0.05, 0) is 53.4 Å². The second-order valence-electron chi connectivity index (χ2n) is 10.1. The molecule has 7 nitrogen and oxygen atoms in total. The van der Waals surface area contributed by atoms with E-state index in [4.69, 9.17) is 21.1 Å². The lowest BCUT2D eigenvalue weighted by Gasteiger charge is -2.11. The van der Waals surface area contributed by atoms with Crippen molar-refractivity contribution in [3.8, 4) is 22.6 Å². The molecule has 46 heavy (non-hydrogen) atoms. The number of methoxy groups -OCH3 is 1. The Morgan fingerprint density at radius 1 is 0.870 bits per heavy atom. The molecular formula is C35H23ClF3N3O4. The number of hydrogen-bond donors (Lipinski definition) is 2. The van der Waals surface area contributed by atoms with Crippen molar-refractivity contribution in [2.45, 2.75) is 6.18 Å². The average Bonchev–Trinajstić information content (AvgIpc) is 3.45. The first-order chi connectivity index (χ1) is 22.1. The number of benzene rings is 5. The molecule has 0 aliphatic rings. The van der Waals surface area contributed by atoms with Gasteiger partial charge in [0.1, 0.15) is 5.69 Å². The third kappa shape index (κ3) is 6.02. The summed E-state index contributed by atoms with van der Waals surface area (Å²) in [6.45, 7) is 0. The van der Waals surface area contributed by atoms with Gasteiger partial charge in [-0.3, -0.25) is 4.79 Å². The van der Waals surface area contributed by atoms with E-state index < -0.39 is 23.6 Å². The van der Waals surface area contributed by atoms with E-state index >= 15 is 0 Å². The van der Waals surface area contributed by atoms with Crippen LogP contribution in [0.3, 0.4) is 0 Å². The largest absolute Gasteiger partial charge is 0.493 e. The number of rotatable bonds is 7. The molecule has 0 radical (unpaired) electrons. The second kappa shape index (κ2) is 12.4. The highest BCUT2D eigenvalue weighted by Gasteiger charge is 2.31. The lowest BCUT2D eigenvalue weighted by atomic mass is 9.99. The number of fused-ring (bicyclic) bond motifs is 3. The fourth-order valence-corrected chi connectivity index (χ4v) is 5.33. The minimum absolute atomic E-state index is 0.0132. The molecule has 0 saturated carbocycles. The van der Waals surface area contributed by atoms with Gasteiger partial charge in [-0.15, -0.1) is 0 Å². The van der Waals surface area contributed by atoms with Crippen molar-refractivity contribution < 1.29 is 32.2 Å². The van der Waals surface area contributed by atoms with Crippen molar-refractivity contribution in [1.29, 1.82) is 0 Å². The summed E-state index contributed by atoms with van der Waals surface area (Å²) in [6.07, 6.45) is -3.24. The highest BCUT2D eigenvalue weighted by atomic mass is 35.5. The van der Waals surface area contributed by atoms with Crippen molar-refractivity contribution >= 4 is 51.4 Å². The van der Waals surface area contributed by atoms with Crippen LogP contribution in [0.4, 0.5) is 13.2 Å². The molecule has 6 rings (SSSR count). The summed E-state index contributed by atoms with van der Waals surface area (Å²) in [7, 11) is 1.34. The lowest BCUT2D eigenvalue weighted by molar-refractivity contribution is -0.137. The van der Waals surface area contributed by atoms with Gasteiger partial charge < -0.3 is 14.5 Å². The molecule has 0 fully saturated rings. The second-order valence-corrected chi connectivity index (χ2v) is 10.5. The average molecular weight is 642 g/mol. The molecule has 0 spiro atoms. The number of nitrogens with one attached hydrogen (secondary N) is 2. The number of aromatic nitrogens is 1. The normalized spacial score (nSPS) is 11.7. The molecule has 0 unspecified atom stereocenters. The van der Waals surface area contributed by atoms with E-state index in [1.54, 1.807) is 6.07 Å². The number of ether oxygens (including phenoxy) is 2. The van der Waals surface area contributed by atoms with Crippen LogP contribution >= 0.6 is 11.6 Å². The summed E-state index contributed by atoms with van der Waals surface area (Å²) in [6, 6.07) is 27.4. The number of hydrogen-bond acceptors (Lipinski definition) is 5. The van der Waals surface area contributed by atoms with Gasteiger partial charge in [0.2, 0.25) is 0 Å². The van der Waals surface area contributed by atoms with Crippen LogP contribution < -0.4 is 14.9 Å². The van der Waals surface area contributed by atoms with Crippen LogP contribution in [-0.4, -0.2) is 30.2 Å². The van der Waals surface area contributed by atoms with Gasteiger partial charge in [-0.1, -0.05) is 72.3 Å². The Hall–Kier alpha value is -5.61. The smallest absolute Gasteiger partial charge is 0.416 e.